The fourth-order valence-corrected chi connectivity index (χ4v) is 1.81. The van der Waals surface area contributed by atoms with Gasteiger partial charge in [-0.3, -0.25) is 0 Å². The van der Waals surface area contributed by atoms with Gasteiger partial charge in [-0.2, -0.15) is 0 Å². The molecule has 0 spiro atoms. The quantitative estimate of drug-likeness (QED) is 0.793. The van der Waals surface area contributed by atoms with E-state index in [2.05, 4.69) is 5.32 Å². The van der Waals surface area contributed by atoms with E-state index in [9.17, 15) is 4.39 Å². The second-order valence-electron chi connectivity index (χ2n) is 4.23. The summed E-state index contributed by atoms with van der Waals surface area (Å²) in [4.78, 5) is 0. The summed E-state index contributed by atoms with van der Waals surface area (Å²) < 4.78 is 13.1. The first kappa shape index (κ1) is 10.6. The zero-order valence-electron chi connectivity index (χ0n) is 8.96. The molecular weight excluding hydrogens is 191 g/mol. The van der Waals surface area contributed by atoms with Crippen LogP contribution in [0.3, 0.4) is 0 Å². The number of nitrogens with two attached hydrogens (primary N) is 1. The Morgan fingerprint density at radius 3 is 2.87 bits per heavy atom. The molecule has 0 saturated heterocycles. The molecule has 0 aromatic heterocycles. The molecule has 0 amide bonds. The van der Waals surface area contributed by atoms with Gasteiger partial charge in [-0.05, 0) is 43.0 Å². The monoisotopic (exact) mass is 208 g/mol. The zero-order valence-corrected chi connectivity index (χ0v) is 8.96. The first-order chi connectivity index (χ1) is 7.20. The maximum Gasteiger partial charge on any atom is 0.123 e. The van der Waals surface area contributed by atoms with Crippen LogP contribution in [0.25, 0.3) is 0 Å². The maximum atomic E-state index is 13.1. The zero-order chi connectivity index (χ0) is 10.8. The molecule has 3 N–H and O–H groups in total. The number of aryl methyl sites for hydroxylation is 1. The molecular formula is C12H17FN2. The molecule has 0 heterocycles. The molecule has 1 aromatic rings. The fraction of sp³-hybridized carbons (Fsp3) is 0.500. The summed E-state index contributed by atoms with van der Waals surface area (Å²) in [5, 5.41) is 3.43. The molecule has 2 nitrogen and oxygen atoms in total. The predicted molar refractivity (Wildman–Crippen MR) is 59.1 cm³/mol. The second-order valence-corrected chi connectivity index (χ2v) is 4.23. The molecule has 15 heavy (non-hydrogen) atoms. The highest BCUT2D eigenvalue weighted by Crippen LogP contribution is 2.25. The lowest BCUT2D eigenvalue weighted by atomic mass is 10.0. The fourth-order valence-electron chi connectivity index (χ4n) is 1.81. The lowest BCUT2D eigenvalue weighted by Gasteiger charge is -2.19. The third kappa shape index (κ3) is 2.55. The highest BCUT2D eigenvalue weighted by atomic mass is 19.1. The van der Waals surface area contributed by atoms with Crippen molar-refractivity contribution >= 4 is 0 Å². The molecule has 82 valence electrons. The number of hydrogen-bond acceptors (Lipinski definition) is 2. The standard InChI is InChI=1S/C12H17FN2/c1-8-2-3-9(13)6-11(8)12(7-14)15-10-4-5-10/h2-3,6,10,12,15H,4-5,7,14H2,1H3. The lowest BCUT2D eigenvalue weighted by Crippen LogP contribution is -2.30. The molecule has 1 saturated carbocycles. The molecule has 1 aromatic carbocycles. The van der Waals surface area contributed by atoms with E-state index in [1.165, 1.54) is 18.9 Å². The van der Waals surface area contributed by atoms with Crippen molar-refractivity contribution in [1.82, 2.24) is 5.32 Å². The molecule has 0 aliphatic heterocycles. The molecule has 1 aliphatic carbocycles. The van der Waals surface area contributed by atoms with E-state index in [0.29, 0.717) is 12.6 Å². The first-order valence-electron chi connectivity index (χ1n) is 5.43. The van der Waals surface area contributed by atoms with E-state index in [4.69, 9.17) is 5.73 Å². The summed E-state index contributed by atoms with van der Waals surface area (Å²) in [7, 11) is 0. The Bertz CT molecular complexity index is 347. The molecule has 1 unspecified atom stereocenters. The maximum absolute atomic E-state index is 13.1. The minimum Gasteiger partial charge on any atom is -0.329 e. The number of halogens is 1. The van der Waals surface area contributed by atoms with Crippen molar-refractivity contribution in [3.63, 3.8) is 0 Å². The number of benzene rings is 1. The van der Waals surface area contributed by atoms with Crippen molar-refractivity contribution in [2.24, 2.45) is 5.73 Å². The minimum atomic E-state index is -0.188. The van der Waals surface area contributed by atoms with Crippen LogP contribution in [0.4, 0.5) is 4.39 Å². The van der Waals surface area contributed by atoms with E-state index in [-0.39, 0.29) is 11.9 Å². The third-order valence-corrected chi connectivity index (χ3v) is 2.87. The topological polar surface area (TPSA) is 38.0 Å². The minimum absolute atomic E-state index is 0.0909. The Hall–Kier alpha value is -0.930. The van der Waals surface area contributed by atoms with Gasteiger partial charge in [-0.1, -0.05) is 6.07 Å². The van der Waals surface area contributed by atoms with Crippen LogP contribution < -0.4 is 11.1 Å². The summed E-state index contributed by atoms with van der Waals surface area (Å²) >= 11 is 0. The van der Waals surface area contributed by atoms with Crippen molar-refractivity contribution in [1.29, 1.82) is 0 Å². The largest absolute Gasteiger partial charge is 0.329 e. The van der Waals surface area contributed by atoms with Gasteiger partial charge in [0.05, 0.1) is 0 Å². The normalized spacial score (nSPS) is 17.8. The highest BCUT2D eigenvalue weighted by molar-refractivity contribution is 5.30. The summed E-state index contributed by atoms with van der Waals surface area (Å²) in [6.45, 7) is 2.51. The van der Waals surface area contributed by atoms with Gasteiger partial charge in [0.1, 0.15) is 5.82 Å². The number of rotatable bonds is 4. The Kier molecular flexibility index (Phi) is 3.03. The lowest BCUT2D eigenvalue weighted by molar-refractivity contribution is 0.530. The molecule has 1 aliphatic rings. The highest BCUT2D eigenvalue weighted by Gasteiger charge is 2.25. The van der Waals surface area contributed by atoms with Gasteiger partial charge in [-0.15, -0.1) is 0 Å². The second kappa shape index (κ2) is 4.29. The van der Waals surface area contributed by atoms with Crippen molar-refractivity contribution in [2.75, 3.05) is 6.54 Å². The average Bonchev–Trinajstić information content (AvgIpc) is 3.02. The van der Waals surface area contributed by atoms with Crippen molar-refractivity contribution < 1.29 is 4.39 Å². The molecule has 0 radical (unpaired) electrons. The number of nitrogens with one attached hydrogen (secondary N) is 1. The van der Waals surface area contributed by atoms with Gasteiger partial charge in [0, 0.05) is 18.6 Å². The van der Waals surface area contributed by atoms with Gasteiger partial charge in [-0.25, -0.2) is 4.39 Å². The summed E-state index contributed by atoms with van der Waals surface area (Å²) in [5.41, 5.74) is 7.80. The van der Waals surface area contributed by atoms with Crippen LogP contribution in [0, 0.1) is 12.7 Å². The first-order valence-corrected chi connectivity index (χ1v) is 5.43. The van der Waals surface area contributed by atoms with Crippen LogP contribution in [-0.4, -0.2) is 12.6 Å². The van der Waals surface area contributed by atoms with Gasteiger partial charge in [0.25, 0.3) is 0 Å². The van der Waals surface area contributed by atoms with Gasteiger partial charge >= 0.3 is 0 Å². The molecule has 3 heteroatoms. The Morgan fingerprint density at radius 1 is 1.53 bits per heavy atom. The predicted octanol–water partition coefficient (Wildman–Crippen LogP) is 1.89. The SMILES string of the molecule is Cc1ccc(F)cc1C(CN)NC1CC1. The van der Waals surface area contributed by atoms with Crippen molar-refractivity contribution in [2.45, 2.75) is 31.8 Å². The van der Waals surface area contributed by atoms with Crippen molar-refractivity contribution in [3.8, 4) is 0 Å². The van der Waals surface area contributed by atoms with Gasteiger partial charge < -0.3 is 11.1 Å². The van der Waals surface area contributed by atoms with Crippen LogP contribution in [0.1, 0.15) is 30.0 Å². The molecule has 2 rings (SSSR count). The van der Waals surface area contributed by atoms with Crippen LogP contribution in [0.15, 0.2) is 18.2 Å². The van der Waals surface area contributed by atoms with E-state index >= 15 is 0 Å². The third-order valence-electron chi connectivity index (χ3n) is 2.87. The molecule has 1 fully saturated rings. The molecule has 1 atom stereocenters. The summed E-state index contributed by atoms with van der Waals surface area (Å²) in [6, 6.07) is 5.56. The van der Waals surface area contributed by atoms with Crippen LogP contribution >= 0.6 is 0 Å². The Labute approximate surface area is 89.7 Å². The number of hydrogen-bond donors (Lipinski definition) is 2. The van der Waals surface area contributed by atoms with Gasteiger partial charge in [0.2, 0.25) is 0 Å². The summed E-state index contributed by atoms with van der Waals surface area (Å²) in [5.74, 6) is -0.188. The Balaban J connectivity index is 2.19. The van der Waals surface area contributed by atoms with E-state index < -0.39 is 0 Å². The van der Waals surface area contributed by atoms with E-state index in [1.807, 2.05) is 13.0 Å². The van der Waals surface area contributed by atoms with Crippen LogP contribution in [-0.2, 0) is 0 Å². The van der Waals surface area contributed by atoms with Crippen LogP contribution in [0.2, 0.25) is 0 Å². The van der Waals surface area contributed by atoms with E-state index in [0.717, 1.165) is 11.1 Å². The van der Waals surface area contributed by atoms with Crippen molar-refractivity contribution in [3.05, 3.63) is 35.1 Å². The molecule has 0 bridgehead atoms. The Morgan fingerprint density at radius 2 is 2.27 bits per heavy atom. The van der Waals surface area contributed by atoms with Crippen LogP contribution in [0.5, 0.6) is 0 Å². The smallest absolute Gasteiger partial charge is 0.123 e. The van der Waals surface area contributed by atoms with Gasteiger partial charge in [0.15, 0.2) is 0 Å². The average molecular weight is 208 g/mol. The van der Waals surface area contributed by atoms with E-state index in [1.54, 1.807) is 6.07 Å². The summed E-state index contributed by atoms with van der Waals surface area (Å²) in [6.07, 6.45) is 2.43.